The predicted octanol–water partition coefficient (Wildman–Crippen LogP) is 9.40. The summed E-state index contributed by atoms with van der Waals surface area (Å²) >= 11 is 0. The lowest BCUT2D eigenvalue weighted by Crippen LogP contribution is -2.13. The molecule has 1 aliphatic rings. The standard InChI is InChI=1S/C27H32F4/c1-3-5-6-8-19-9-11-20(12-10-19)21-13-15-22(16-14-21)24-18-17-23(7-4-2)25(26(24)28)27(29,30)31/h4,7,13-20H,3,5-6,8-12H2,1-2H3. The van der Waals surface area contributed by atoms with Crippen LogP contribution in [0, 0.1) is 11.7 Å². The third-order valence-corrected chi connectivity index (χ3v) is 6.56. The quantitative estimate of drug-likeness (QED) is 0.302. The molecule has 1 fully saturated rings. The number of alkyl halides is 3. The molecule has 0 amide bonds. The second kappa shape index (κ2) is 10.5. The Morgan fingerprint density at radius 3 is 2.19 bits per heavy atom. The van der Waals surface area contributed by atoms with Crippen molar-refractivity contribution in [3.05, 3.63) is 65.0 Å². The smallest absolute Gasteiger partial charge is 0.206 e. The zero-order chi connectivity index (χ0) is 22.4. The van der Waals surface area contributed by atoms with Crippen molar-refractivity contribution < 1.29 is 17.6 Å². The first kappa shape index (κ1) is 23.6. The van der Waals surface area contributed by atoms with Crippen LogP contribution in [0.5, 0.6) is 0 Å². The number of allylic oxidation sites excluding steroid dienone is 1. The van der Waals surface area contributed by atoms with Gasteiger partial charge in [0.1, 0.15) is 5.82 Å². The number of hydrogen-bond donors (Lipinski definition) is 0. The molecule has 0 bridgehead atoms. The molecule has 2 aromatic carbocycles. The molecule has 3 rings (SSSR count). The van der Waals surface area contributed by atoms with Crippen LogP contribution < -0.4 is 0 Å². The Kier molecular flexibility index (Phi) is 7.96. The van der Waals surface area contributed by atoms with Crippen molar-refractivity contribution in [2.75, 3.05) is 0 Å². The molecule has 31 heavy (non-hydrogen) atoms. The van der Waals surface area contributed by atoms with Gasteiger partial charge in [-0.25, -0.2) is 4.39 Å². The van der Waals surface area contributed by atoms with Crippen LogP contribution in [0.4, 0.5) is 17.6 Å². The minimum Gasteiger partial charge on any atom is -0.206 e. The fourth-order valence-electron chi connectivity index (χ4n) is 4.82. The summed E-state index contributed by atoms with van der Waals surface area (Å²) < 4.78 is 55.4. The van der Waals surface area contributed by atoms with E-state index in [1.54, 1.807) is 19.1 Å². The third-order valence-electron chi connectivity index (χ3n) is 6.56. The van der Waals surface area contributed by atoms with E-state index in [0.29, 0.717) is 11.5 Å². The highest BCUT2D eigenvalue weighted by molar-refractivity contribution is 5.69. The normalized spacial score (nSPS) is 19.8. The van der Waals surface area contributed by atoms with E-state index in [9.17, 15) is 17.6 Å². The number of hydrogen-bond acceptors (Lipinski definition) is 0. The summed E-state index contributed by atoms with van der Waals surface area (Å²) in [5, 5.41) is 0. The lowest BCUT2D eigenvalue weighted by Gasteiger charge is -2.29. The van der Waals surface area contributed by atoms with Crippen LogP contribution in [0.2, 0.25) is 0 Å². The maximum absolute atomic E-state index is 14.9. The van der Waals surface area contributed by atoms with Crippen molar-refractivity contribution in [1.29, 1.82) is 0 Å². The van der Waals surface area contributed by atoms with E-state index in [0.717, 1.165) is 18.8 Å². The third kappa shape index (κ3) is 5.78. The van der Waals surface area contributed by atoms with Gasteiger partial charge < -0.3 is 0 Å². The van der Waals surface area contributed by atoms with E-state index >= 15 is 0 Å². The van der Waals surface area contributed by atoms with Gasteiger partial charge in [0.05, 0.1) is 5.56 Å². The monoisotopic (exact) mass is 432 g/mol. The van der Waals surface area contributed by atoms with Crippen LogP contribution in [0.25, 0.3) is 17.2 Å². The van der Waals surface area contributed by atoms with E-state index in [1.807, 2.05) is 12.1 Å². The van der Waals surface area contributed by atoms with Gasteiger partial charge >= 0.3 is 6.18 Å². The minimum absolute atomic E-state index is 0.00763. The van der Waals surface area contributed by atoms with Gasteiger partial charge in [0.25, 0.3) is 0 Å². The molecule has 0 unspecified atom stereocenters. The van der Waals surface area contributed by atoms with Gasteiger partial charge in [-0.15, -0.1) is 0 Å². The molecule has 0 aromatic heterocycles. The molecule has 2 aromatic rings. The summed E-state index contributed by atoms with van der Waals surface area (Å²) in [7, 11) is 0. The van der Waals surface area contributed by atoms with Crippen LogP contribution in [0.3, 0.4) is 0 Å². The summed E-state index contributed by atoms with van der Waals surface area (Å²) in [6.45, 7) is 3.84. The Balaban J connectivity index is 1.75. The molecule has 1 aliphatic carbocycles. The van der Waals surface area contributed by atoms with Crippen LogP contribution in [-0.2, 0) is 6.18 Å². The molecule has 0 heterocycles. The lowest BCUT2D eigenvalue weighted by atomic mass is 9.77. The second-order valence-electron chi connectivity index (χ2n) is 8.72. The van der Waals surface area contributed by atoms with Crippen LogP contribution in [-0.4, -0.2) is 0 Å². The predicted molar refractivity (Wildman–Crippen MR) is 120 cm³/mol. The van der Waals surface area contributed by atoms with Crippen molar-refractivity contribution in [1.82, 2.24) is 0 Å². The Labute approximate surface area is 183 Å². The Morgan fingerprint density at radius 2 is 1.61 bits per heavy atom. The van der Waals surface area contributed by atoms with E-state index < -0.39 is 17.6 Å². The molecule has 0 aliphatic heterocycles. The molecular weight excluding hydrogens is 400 g/mol. The minimum atomic E-state index is -4.75. The van der Waals surface area contributed by atoms with E-state index in [1.165, 1.54) is 68.4 Å². The largest absolute Gasteiger partial charge is 0.419 e. The van der Waals surface area contributed by atoms with Crippen LogP contribution in [0.1, 0.15) is 87.8 Å². The van der Waals surface area contributed by atoms with Crippen molar-refractivity contribution in [2.24, 2.45) is 5.92 Å². The maximum Gasteiger partial charge on any atom is 0.419 e. The lowest BCUT2D eigenvalue weighted by molar-refractivity contribution is -0.140. The molecule has 0 radical (unpaired) electrons. The molecular formula is C27H32F4. The molecule has 4 heteroatoms. The van der Waals surface area contributed by atoms with E-state index in [4.69, 9.17) is 0 Å². The molecule has 0 N–H and O–H groups in total. The molecule has 1 saturated carbocycles. The highest BCUT2D eigenvalue weighted by Crippen LogP contribution is 2.40. The van der Waals surface area contributed by atoms with E-state index in [-0.39, 0.29) is 11.1 Å². The first-order valence-corrected chi connectivity index (χ1v) is 11.5. The maximum atomic E-state index is 14.9. The number of unbranched alkanes of at least 4 members (excludes halogenated alkanes) is 2. The number of halogens is 4. The van der Waals surface area contributed by atoms with Gasteiger partial charge in [-0.1, -0.05) is 81.2 Å². The van der Waals surface area contributed by atoms with Crippen molar-refractivity contribution in [2.45, 2.75) is 77.3 Å². The first-order valence-electron chi connectivity index (χ1n) is 11.5. The average Bonchev–Trinajstić information content (AvgIpc) is 2.74. The fraction of sp³-hybridized carbons (Fsp3) is 0.481. The molecule has 0 spiro atoms. The fourth-order valence-corrected chi connectivity index (χ4v) is 4.82. The highest BCUT2D eigenvalue weighted by Gasteiger charge is 2.37. The summed E-state index contributed by atoms with van der Waals surface area (Å²) in [4.78, 5) is 0. The zero-order valence-electron chi connectivity index (χ0n) is 18.4. The van der Waals surface area contributed by atoms with Gasteiger partial charge in [0.2, 0.25) is 0 Å². The van der Waals surface area contributed by atoms with Crippen molar-refractivity contribution in [3.63, 3.8) is 0 Å². The average molecular weight is 433 g/mol. The SMILES string of the molecule is CC=Cc1ccc(-c2ccc(C3CCC(CCCCC)CC3)cc2)c(F)c1C(F)(F)F. The van der Waals surface area contributed by atoms with Gasteiger partial charge in [0, 0.05) is 5.56 Å². The Bertz CT molecular complexity index is 869. The Hall–Kier alpha value is -2.10. The summed E-state index contributed by atoms with van der Waals surface area (Å²) in [5.41, 5.74) is 0.327. The Morgan fingerprint density at radius 1 is 0.935 bits per heavy atom. The molecule has 168 valence electrons. The van der Waals surface area contributed by atoms with Gasteiger partial charge in [-0.05, 0) is 61.1 Å². The second-order valence-corrected chi connectivity index (χ2v) is 8.72. The van der Waals surface area contributed by atoms with Crippen LogP contribution >= 0.6 is 0 Å². The highest BCUT2D eigenvalue weighted by atomic mass is 19.4. The topological polar surface area (TPSA) is 0 Å². The van der Waals surface area contributed by atoms with Crippen molar-refractivity contribution >= 4 is 6.08 Å². The number of benzene rings is 2. The number of rotatable bonds is 7. The zero-order valence-corrected chi connectivity index (χ0v) is 18.4. The van der Waals surface area contributed by atoms with Gasteiger partial charge in [-0.2, -0.15) is 13.2 Å². The van der Waals surface area contributed by atoms with Crippen LogP contribution in [0.15, 0.2) is 42.5 Å². The summed E-state index contributed by atoms with van der Waals surface area (Å²) in [6, 6.07) is 10.2. The summed E-state index contributed by atoms with van der Waals surface area (Å²) in [6.07, 6.45) is 8.02. The van der Waals surface area contributed by atoms with Gasteiger partial charge in [-0.3, -0.25) is 0 Å². The molecule has 0 atom stereocenters. The van der Waals surface area contributed by atoms with E-state index in [2.05, 4.69) is 6.92 Å². The molecule has 0 saturated heterocycles. The van der Waals surface area contributed by atoms with Crippen molar-refractivity contribution in [3.8, 4) is 11.1 Å². The first-order chi connectivity index (χ1) is 14.8. The molecule has 0 nitrogen and oxygen atoms in total. The summed E-state index contributed by atoms with van der Waals surface area (Å²) in [5.74, 6) is 0.111. The van der Waals surface area contributed by atoms with Gasteiger partial charge in [0.15, 0.2) is 0 Å².